The van der Waals surface area contributed by atoms with E-state index in [2.05, 4.69) is 10.3 Å². The minimum Gasteiger partial charge on any atom is -0.504 e. The molecule has 3 rings (SSSR count). The van der Waals surface area contributed by atoms with Gasteiger partial charge in [0, 0.05) is 11.5 Å². The normalized spacial score (nSPS) is 10.7. The summed E-state index contributed by atoms with van der Waals surface area (Å²) in [5.41, 5.74) is 0.859. The zero-order valence-corrected chi connectivity index (χ0v) is 14.8. The molecule has 8 heteroatoms. The molecule has 0 bridgehead atoms. The molecular formula is C18H15ClN2O5. The van der Waals surface area contributed by atoms with Crippen molar-refractivity contribution in [2.75, 3.05) is 12.4 Å². The number of aryl methyl sites for hydroxylation is 1. The quantitative estimate of drug-likeness (QED) is 0.537. The van der Waals surface area contributed by atoms with Crippen molar-refractivity contribution in [2.24, 2.45) is 0 Å². The summed E-state index contributed by atoms with van der Waals surface area (Å²) >= 11 is 5.71. The number of aromatic nitrogens is 1. The zero-order valence-electron chi connectivity index (χ0n) is 14.0. The highest BCUT2D eigenvalue weighted by atomic mass is 35.5. The summed E-state index contributed by atoms with van der Waals surface area (Å²) in [6.07, 6.45) is 1.25. The third kappa shape index (κ3) is 3.48. The van der Waals surface area contributed by atoms with Gasteiger partial charge in [0.05, 0.1) is 31.0 Å². The number of methoxy groups -OCH3 is 1. The minimum atomic E-state index is -0.635. The summed E-state index contributed by atoms with van der Waals surface area (Å²) in [6.45, 7) is 1.71. The first-order valence-electron chi connectivity index (χ1n) is 7.63. The van der Waals surface area contributed by atoms with Crippen LogP contribution in [0.15, 0.2) is 39.7 Å². The number of phenolic OH excluding ortho intramolecular Hbond substituents is 1. The molecular weight excluding hydrogens is 360 g/mol. The minimum absolute atomic E-state index is 0.136. The number of nitrogens with zero attached hydrogens (tertiary/aromatic N) is 1. The standard InChI is InChI=1S/C18H15ClN2O5/c1-9-11-5-15(25-2)13(22)7-14(11)26-18(24)12(9)6-17(23)21-10-3-4-16(19)20-8-10/h3-5,7-8,22H,6H2,1-2H3,(H,21,23). The third-order valence-corrected chi connectivity index (χ3v) is 4.16. The Balaban J connectivity index is 1.94. The predicted octanol–water partition coefficient (Wildman–Crippen LogP) is 3.05. The number of benzene rings is 1. The van der Waals surface area contributed by atoms with Crippen LogP contribution in [0, 0.1) is 6.92 Å². The molecule has 2 heterocycles. The molecule has 0 aliphatic heterocycles. The maximum Gasteiger partial charge on any atom is 0.340 e. The number of pyridine rings is 1. The first-order chi connectivity index (χ1) is 12.4. The Morgan fingerprint density at radius 3 is 2.81 bits per heavy atom. The number of anilines is 1. The molecule has 134 valence electrons. The topological polar surface area (TPSA) is 102 Å². The number of amides is 1. The van der Waals surface area contributed by atoms with E-state index >= 15 is 0 Å². The summed E-state index contributed by atoms with van der Waals surface area (Å²) in [4.78, 5) is 28.4. The fourth-order valence-corrected chi connectivity index (χ4v) is 2.70. The van der Waals surface area contributed by atoms with Crippen molar-refractivity contribution in [1.82, 2.24) is 4.98 Å². The molecule has 2 N–H and O–H groups in total. The largest absolute Gasteiger partial charge is 0.504 e. The van der Waals surface area contributed by atoms with Gasteiger partial charge >= 0.3 is 5.63 Å². The molecule has 0 aliphatic carbocycles. The van der Waals surface area contributed by atoms with Crippen molar-refractivity contribution in [3.05, 3.63) is 57.2 Å². The molecule has 26 heavy (non-hydrogen) atoms. The summed E-state index contributed by atoms with van der Waals surface area (Å²) in [5, 5.41) is 13.4. The van der Waals surface area contributed by atoms with Gasteiger partial charge in [0.25, 0.3) is 0 Å². The molecule has 3 aromatic rings. The van der Waals surface area contributed by atoms with Crippen LogP contribution in [0.3, 0.4) is 0 Å². The number of halogens is 1. The number of fused-ring (bicyclic) bond motifs is 1. The van der Waals surface area contributed by atoms with E-state index in [-0.39, 0.29) is 29.1 Å². The van der Waals surface area contributed by atoms with Crippen molar-refractivity contribution < 1.29 is 19.1 Å². The van der Waals surface area contributed by atoms with Crippen LogP contribution < -0.4 is 15.7 Å². The van der Waals surface area contributed by atoms with Gasteiger partial charge in [-0.25, -0.2) is 9.78 Å². The molecule has 0 aliphatic rings. The van der Waals surface area contributed by atoms with E-state index in [4.69, 9.17) is 20.8 Å². The fraction of sp³-hybridized carbons (Fsp3) is 0.167. The first kappa shape index (κ1) is 17.8. The average molecular weight is 375 g/mol. The van der Waals surface area contributed by atoms with E-state index in [0.29, 0.717) is 21.8 Å². The smallest absolute Gasteiger partial charge is 0.340 e. The molecule has 0 atom stereocenters. The van der Waals surface area contributed by atoms with E-state index in [1.165, 1.54) is 19.4 Å². The lowest BCUT2D eigenvalue weighted by Gasteiger charge is -2.10. The lowest BCUT2D eigenvalue weighted by atomic mass is 10.0. The van der Waals surface area contributed by atoms with Crippen molar-refractivity contribution in [3.63, 3.8) is 0 Å². The predicted molar refractivity (Wildman–Crippen MR) is 97.0 cm³/mol. The lowest BCUT2D eigenvalue weighted by Crippen LogP contribution is -2.20. The average Bonchev–Trinajstić information content (AvgIpc) is 2.60. The monoisotopic (exact) mass is 374 g/mol. The number of rotatable bonds is 4. The molecule has 0 saturated carbocycles. The molecule has 0 unspecified atom stereocenters. The Morgan fingerprint density at radius 1 is 1.38 bits per heavy atom. The summed E-state index contributed by atoms with van der Waals surface area (Å²) in [6, 6.07) is 6.03. The lowest BCUT2D eigenvalue weighted by molar-refractivity contribution is -0.115. The molecule has 0 fully saturated rings. The van der Waals surface area contributed by atoms with Gasteiger partial charge in [-0.3, -0.25) is 4.79 Å². The first-order valence-corrected chi connectivity index (χ1v) is 8.01. The number of aromatic hydroxyl groups is 1. The van der Waals surface area contributed by atoms with Gasteiger partial charge in [-0.15, -0.1) is 0 Å². The second kappa shape index (κ2) is 7.05. The number of hydrogen-bond donors (Lipinski definition) is 2. The maximum atomic E-state index is 12.3. The van der Waals surface area contributed by atoms with E-state index in [9.17, 15) is 14.7 Å². The number of carbonyl (C=O) groups excluding carboxylic acids is 1. The van der Waals surface area contributed by atoms with Gasteiger partial charge in [0.2, 0.25) is 5.91 Å². The summed E-state index contributed by atoms with van der Waals surface area (Å²) < 4.78 is 10.3. The number of ether oxygens (including phenoxy) is 1. The van der Waals surface area contributed by atoms with Crippen molar-refractivity contribution in [2.45, 2.75) is 13.3 Å². The molecule has 7 nitrogen and oxygen atoms in total. The van der Waals surface area contributed by atoms with Crippen LogP contribution in [0.2, 0.25) is 5.15 Å². The van der Waals surface area contributed by atoms with Gasteiger partial charge in [-0.1, -0.05) is 11.6 Å². The van der Waals surface area contributed by atoms with Gasteiger partial charge in [-0.05, 0) is 30.7 Å². The molecule has 0 saturated heterocycles. The van der Waals surface area contributed by atoms with Gasteiger partial charge in [0.15, 0.2) is 11.5 Å². The van der Waals surface area contributed by atoms with Crippen molar-refractivity contribution in [1.29, 1.82) is 0 Å². The molecule has 0 spiro atoms. The number of phenols is 1. The van der Waals surface area contributed by atoms with Gasteiger partial charge in [-0.2, -0.15) is 0 Å². The Hall–Kier alpha value is -3.06. The Bertz CT molecular complexity index is 1040. The number of carbonyl (C=O) groups is 1. The van der Waals surface area contributed by atoms with E-state index < -0.39 is 11.5 Å². The van der Waals surface area contributed by atoms with E-state index in [1.807, 2.05) is 0 Å². The molecule has 1 amide bonds. The zero-order chi connectivity index (χ0) is 18.8. The van der Waals surface area contributed by atoms with Crippen LogP contribution in [0.25, 0.3) is 11.0 Å². The Morgan fingerprint density at radius 2 is 2.15 bits per heavy atom. The summed E-state index contributed by atoms with van der Waals surface area (Å²) in [7, 11) is 1.42. The van der Waals surface area contributed by atoms with Crippen LogP contribution in [0.1, 0.15) is 11.1 Å². The highest BCUT2D eigenvalue weighted by molar-refractivity contribution is 6.29. The highest BCUT2D eigenvalue weighted by Gasteiger charge is 2.17. The molecule has 2 aromatic heterocycles. The Kier molecular flexibility index (Phi) is 4.81. The fourth-order valence-electron chi connectivity index (χ4n) is 2.59. The van der Waals surface area contributed by atoms with Crippen molar-refractivity contribution in [3.8, 4) is 11.5 Å². The van der Waals surface area contributed by atoms with Crippen LogP contribution in [0.4, 0.5) is 5.69 Å². The van der Waals surface area contributed by atoms with Crippen LogP contribution in [-0.2, 0) is 11.2 Å². The van der Waals surface area contributed by atoms with E-state index in [1.54, 1.807) is 25.1 Å². The number of hydrogen-bond acceptors (Lipinski definition) is 6. The SMILES string of the molecule is COc1cc2c(C)c(CC(=O)Nc3ccc(Cl)nc3)c(=O)oc2cc1O. The van der Waals surface area contributed by atoms with Crippen LogP contribution in [-0.4, -0.2) is 23.1 Å². The second-order valence-electron chi connectivity index (χ2n) is 5.61. The van der Waals surface area contributed by atoms with Crippen LogP contribution in [0.5, 0.6) is 11.5 Å². The second-order valence-corrected chi connectivity index (χ2v) is 6.00. The Labute approximate surface area is 153 Å². The van der Waals surface area contributed by atoms with Gasteiger partial charge < -0.3 is 19.6 Å². The summed E-state index contributed by atoms with van der Waals surface area (Å²) in [5.74, 6) is -0.282. The molecule has 1 aromatic carbocycles. The van der Waals surface area contributed by atoms with E-state index in [0.717, 1.165) is 0 Å². The number of nitrogens with one attached hydrogen (secondary N) is 1. The third-order valence-electron chi connectivity index (χ3n) is 3.94. The van der Waals surface area contributed by atoms with Crippen molar-refractivity contribution >= 4 is 34.2 Å². The van der Waals surface area contributed by atoms with Gasteiger partial charge in [0.1, 0.15) is 10.7 Å². The van der Waals surface area contributed by atoms with Crippen LogP contribution >= 0.6 is 11.6 Å². The maximum absolute atomic E-state index is 12.3. The highest BCUT2D eigenvalue weighted by Crippen LogP contribution is 2.32. The molecule has 0 radical (unpaired) electrons.